The Morgan fingerprint density at radius 2 is 2.08 bits per heavy atom. The summed E-state index contributed by atoms with van der Waals surface area (Å²) < 4.78 is 1.58. The van der Waals surface area contributed by atoms with E-state index in [-0.39, 0.29) is 11.9 Å². The van der Waals surface area contributed by atoms with Crippen molar-refractivity contribution in [2.45, 2.75) is 25.3 Å². The zero-order valence-corrected chi connectivity index (χ0v) is 14.0. The highest BCUT2D eigenvalue weighted by Crippen LogP contribution is 2.29. The number of rotatable bonds is 3. The zero-order chi connectivity index (χ0) is 17.2. The predicted molar refractivity (Wildman–Crippen MR) is 93.8 cm³/mol. The highest BCUT2D eigenvalue weighted by molar-refractivity contribution is 5.92. The van der Waals surface area contributed by atoms with Gasteiger partial charge in [0, 0.05) is 36.3 Å². The molecule has 2 aromatic heterocycles. The van der Waals surface area contributed by atoms with Crippen LogP contribution < -0.4 is 5.32 Å². The van der Waals surface area contributed by atoms with E-state index >= 15 is 0 Å². The number of aryl methyl sites for hydroxylation is 2. The molecule has 126 valence electrons. The van der Waals surface area contributed by atoms with E-state index in [0.29, 0.717) is 5.69 Å². The molecule has 4 rings (SSSR count). The van der Waals surface area contributed by atoms with Gasteiger partial charge in [0.2, 0.25) is 0 Å². The van der Waals surface area contributed by atoms with Crippen LogP contribution in [0.15, 0.2) is 48.8 Å². The summed E-state index contributed by atoms with van der Waals surface area (Å²) in [5.74, 6) is 0.614. The van der Waals surface area contributed by atoms with Gasteiger partial charge in [0.15, 0.2) is 5.82 Å². The normalized spacial score (nSPS) is 16.3. The average molecular weight is 333 g/mol. The molecule has 1 aliphatic rings. The average Bonchev–Trinajstić information content (AvgIpc) is 3.08. The van der Waals surface area contributed by atoms with Gasteiger partial charge in [-0.25, -0.2) is 9.97 Å². The summed E-state index contributed by atoms with van der Waals surface area (Å²) in [6.45, 7) is 0. The van der Waals surface area contributed by atoms with Crippen LogP contribution >= 0.6 is 0 Å². The van der Waals surface area contributed by atoms with Gasteiger partial charge in [0.1, 0.15) is 5.69 Å². The highest BCUT2D eigenvalue weighted by Gasteiger charge is 2.25. The van der Waals surface area contributed by atoms with Crippen LogP contribution in [-0.4, -0.2) is 25.7 Å². The van der Waals surface area contributed by atoms with Crippen molar-refractivity contribution in [2.24, 2.45) is 7.05 Å². The van der Waals surface area contributed by atoms with Crippen molar-refractivity contribution in [3.05, 3.63) is 65.7 Å². The largest absolute Gasteiger partial charge is 0.344 e. The summed E-state index contributed by atoms with van der Waals surface area (Å²) in [4.78, 5) is 21.7. The van der Waals surface area contributed by atoms with E-state index < -0.39 is 0 Å². The number of fused-ring (bicyclic) bond motifs is 1. The van der Waals surface area contributed by atoms with E-state index in [4.69, 9.17) is 4.98 Å². The first-order chi connectivity index (χ1) is 12.2. The lowest BCUT2D eigenvalue weighted by molar-refractivity contribution is 0.0923. The van der Waals surface area contributed by atoms with E-state index in [9.17, 15) is 4.79 Å². The van der Waals surface area contributed by atoms with Crippen molar-refractivity contribution >= 4 is 5.91 Å². The summed E-state index contributed by atoms with van der Waals surface area (Å²) in [6.07, 6.45) is 6.28. The van der Waals surface area contributed by atoms with Crippen LogP contribution in [0.2, 0.25) is 0 Å². The van der Waals surface area contributed by atoms with E-state index in [1.54, 1.807) is 24.0 Å². The van der Waals surface area contributed by atoms with Gasteiger partial charge < -0.3 is 5.32 Å². The number of carbonyl (C=O) groups is 1. The fourth-order valence-corrected chi connectivity index (χ4v) is 3.25. The molecule has 6 heteroatoms. The number of nitrogens with one attached hydrogen (secondary N) is 1. The molecule has 1 aliphatic carbocycles. The third-order valence-corrected chi connectivity index (χ3v) is 4.57. The SMILES string of the molecule is Cn1nccc1C(=O)NC1CCCc2nc(-c3ccccc3)ncc21. The van der Waals surface area contributed by atoms with Gasteiger partial charge >= 0.3 is 0 Å². The molecular weight excluding hydrogens is 314 g/mol. The Kier molecular flexibility index (Phi) is 4.01. The Morgan fingerprint density at radius 1 is 1.24 bits per heavy atom. The van der Waals surface area contributed by atoms with E-state index in [1.165, 1.54) is 0 Å². The van der Waals surface area contributed by atoms with Gasteiger partial charge in [-0.3, -0.25) is 9.48 Å². The summed E-state index contributed by atoms with van der Waals surface area (Å²) in [5, 5.41) is 7.15. The van der Waals surface area contributed by atoms with Gasteiger partial charge in [-0.05, 0) is 25.3 Å². The summed E-state index contributed by atoms with van der Waals surface area (Å²) in [6, 6.07) is 11.6. The van der Waals surface area contributed by atoms with Crippen molar-refractivity contribution in [1.29, 1.82) is 0 Å². The molecule has 0 bridgehead atoms. The van der Waals surface area contributed by atoms with Gasteiger partial charge in [0.25, 0.3) is 5.91 Å². The molecule has 0 aliphatic heterocycles. The van der Waals surface area contributed by atoms with Gasteiger partial charge in [-0.2, -0.15) is 5.10 Å². The van der Waals surface area contributed by atoms with Crippen LogP contribution in [0, 0.1) is 0 Å². The minimum absolute atomic E-state index is 0.0593. The van der Waals surface area contributed by atoms with Crippen LogP contribution in [0.5, 0.6) is 0 Å². The standard InChI is InChI=1S/C19H19N5O/c1-24-17(10-11-21-24)19(25)23-16-9-5-8-15-14(16)12-20-18(22-15)13-6-3-2-4-7-13/h2-4,6-7,10-12,16H,5,8-9H2,1H3,(H,23,25). The quantitative estimate of drug-likeness (QED) is 0.800. The Hall–Kier alpha value is -3.02. The molecule has 0 spiro atoms. The smallest absolute Gasteiger partial charge is 0.270 e. The maximum Gasteiger partial charge on any atom is 0.270 e. The second-order valence-corrected chi connectivity index (χ2v) is 6.22. The van der Waals surface area contributed by atoms with Gasteiger partial charge in [-0.1, -0.05) is 30.3 Å². The first-order valence-electron chi connectivity index (χ1n) is 8.42. The van der Waals surface area contributed by atoms with Crippen LogP contribution in [-0.2, 0) is 13.5 Å². The lowest BCUT2D eigenvalue weighted by Gasteiger charge is -2.25. The van der Waals surface area contributed by atoms with Crippen molar-refractivity contribution < 1.29 is 4.79 Å². The molecule has 1 aromatic carbocycles. The molecule has 0 saturated heterocycles. The molecule has 0 radical (unpaired) electrons. The molecule has 6 nitrogen and oxygen atoms in total. The van der Waals surface area contributed by atoms with Crippen LogP contribution in [0.25, 0.3) is 11.4 Å². The first kappa shape index (κ1) is 15.5. The maximum atomic E-state index is 12.5. The fraction of sp³-hybridized carbons (Fsp3) is 0.263. The molecule has 1 unspecified atom stereocenters. The molecule has 3 aromatic rings. The van der Waals surface area contributed by atoms with E-state index in [1.807, 2.05) is 36.5 Å². The van der Waals surface area contributed by atoms with Crippen molar-refractivity contribution in [3.8, 4) is 11.4 Å². The molecule has 2 heterocycles. The Morgan fingerprint density at radius 3 is 2.84 bits per heavy atom. The second-order valence-electron chi connectivity index (χ2n) is 6.22. The number of amides is 1. The van der Waals surface area contributed by atoms with Gasteiger partial charge in [0.05, 0.1) is 6.04 Å². The van der Waals surface area contributed by atoms with E-state index in [0.717, 1.165) is 41.9 Å². The maximum absolute atomic E-state index is 12.5. The lowest BCUT2D eigenvalue weighted by atomic mass is 9.92. The topological polar surface area (TPSA) is 72.7 Å². The molecular formula is C19H19N5O. The monoisotopic (exact) mass is 333 g/mol. The van der Waals surface area contributed by atoms with Crippen molar-refractivity contribution in [2.75, 3.05) is 0 Å². The summed E-state index contributed by atoms with van der Waals surface area (Å²) in [5.41, 5.74) is 3.59. The number of hydrogen-bond acceptors (Lipinski definition) is 4. The molecule has 1 N–H and O–H groups in total. The van der Waals surface area contributed by atoms with Gasteiger partial charge in [-0.15, -0.1) is 0 Å². The van der Waals surface area contributed by atoms with Crippen molar-refractivity contribution in [1.82, 2.24) is 25.1 Å². The second kappa shape index (κ2) is 6.47. The lowest BCUT2D eigenvalue weighted by Crippen LogP contribution is -2.32. The summed E-state index contributed by atoms with van der Waals surface area (Å²) >= 11 is 0. The third-order valence-electron chi connectivity index (χ3n) is 4.57. The van der Waals surface area contributed by atoms with Crippen LogP contribution in [0.4, 0.5) is 0 Å². The molecule has 1 amide bonds. The minimum Gasteiger partial charge on any atom is -0.344 e. The Balaban J connectivity index is 1.60. The highest BCUT2D eigenvalue weighted by atomic mass is 16.2. The minimum atomic E-state index is -0.120. The number of aromatic nitrogens is 4. The number of benzene rings is 1. The molecule has 1 atom stereocenters. The Bertz CT molecular complexity index is 903. The number of nitrogens with zero attached hydrogens (tertiary/aromatic N) is 4. The number of hydrogen-bond donors (Lipinski definition) is 1. The van der Waals surface area contributed by atoms with Crippen LogP contribution in [0.1, 0.15) is 40.6 Å². The predicted octanol–water partition coefficient (Wildman–Crippen LogP) is 2.68. The van der Waals surface area contributed by atoms with Crippen molar-refractivity contribution in [3.63, 3.8) is 0 Å². The number of carbonyl (C=O) groups excluding carboxylic acids is 1. The first-order valence-corrected chi connectivity index (χ1v) is 8.42. The molecule has 0 saturated carbocycles. The Labute approximate surface area is 145 Å². The molecule has 0 fully saturated rings. The zero-order valence-electron chi connectivity index (χ0n) is 14.0. The fourth-order valence-electron chi connectivity index (χ4n) is 3.25. The third kappa shape index (κ3) is 3.03. The summed E-state index contributed by atoms with van der Waals surface area (Å²) in [7, 11) is 1.76. The van der Waals surface area contributed by atoms with Crippen LogP contribution in [0.3, 0.4) is 0 Å². The molecule has 25 heavy (non-hydrogen) atoms. The van der Waals surface area contributed by atoms with E-state index in [2.05, 4.69) is 15.4 Å².